The molecule has 0 aliphatic heterocycles. The molecule has 1 saturated carbocycles. The Hall–Kier alpha value is -1.65. The number of halogens is 1. The SMILES string of the molecule is O=S(=O)(NC1CCCCC1Sc1nnc(Nc2ccccc2)s1)c1ccc(Cl)cc1. The van der Waals surface area contributed by atoms with Crippen LogP contribution < -0.4 is 10.0 Å². The third kappa shape index (κ3) is 5.53. The molecule has 0 radical (unpaired) electrons. The molecule has 2 atom stereocenters. The lowest BCUT2D eigenvalue weighted by Crippen LogP contribution is -2.43. The summed E-state index contributed by atoms with van der Waals surface area (Å²) in [6, 6.07) is 15.9. The summed E-state index contributed by atoms with van der Waals surface area (Å²) < 4.78 is 29.4. The van der Waals surface area contributed by atoms with Crippen molar-refractivity contribution in [1.29, 1.82) is 0 Å². The first-order valence-electron chi connectivity index (χ1n) is 9.60. The molecule has 1 aliphatic rings. The third-order valence-corrected chi connectivity index (χ3v) is 8.90. The lowest BCUT2D eigenvalue weighted by Gasteiger charge is -2.30. The van der Waals surface area contributed by atoms with Gasteiger partial charge >= 0.3 is 0 Å². The number of nitrogens with zero attached hydrogens (tertiary/aromatic N) is 2. The molecule has 0 saturated heterocycles. The lowest BCUT2D eigenvalue weighted by molar-refractivity contribution is 0.423. The zero-order chi connectivity index (χ0) is 21.0. The average molecular weight is 481 g/mol. The van der Waals surface area contributed by atoms with Crippen LogP contribution in [0.4, 0.5) is 10.8 Å². The van der Waals surface area contributed by atoms with Gasteiger partial charge in [0, 0.05) is 22.0 Å². The molecule has 2 unspecified atom stereocenters. The van der Waals surface area contributed by atoms with Crippen LogP contribution in [0.25, 0.3) is 0 Å². The predicted octanol–water partition coefficient (Wildman–Crippen LogP) is 5.32. The van der Waals surface area contributed by atoms with E-state index in [0.717, 1.165) is 40.8 Å². The fourth-order valence-electron chi connectivity index (χ4n) is 3.34. The standard InChI is InChI=1S/C20H21ClN4O2S3/c21-14-10-12-16(13-11-14)30(26,27)25-17-8-4-5-9-18(17)28-20-24-23-19(29-20)22-15-6-2-1-3-7-15/h1-3,6-7,10-13,17-18,25H,4-5,8-9H2,(H,22,23). The first kappa shape index (κ1) is 21.6. The number of benzene rings is 2. The van der Waals surface area contributed by atoms with E-state index in [1.54, 1.807) is 23.9 Å². The minimum atomic E-state index is -3.60. The average Bonchev–Trinajstić information content (AvgIpc) is 3.17. The summed E-state index contributed by atoms with van der Waals surface area (Å²) in [5.41, 5.74) is 0.955. The number of hydrogen-bond acceptors (Lipinski definition) is 7. The number of para-hydroxylation sites is 1. The Morgan fingerprint density at radius 2 is 1.73 bits per heavy atom. The lowest BCUT2D eigenvalue weighted by atomic mass is 9.96. The molecule has 2 N–H and O–H groups in total. The molecule has 3 aromatic rings. The van der Waals surface area contributed by atoms with Crippen LogP contribution in [0.1, 0.15) is 25.7 Å². The Balaban J connectivity index is 1.43. The molecule has 30 heavy (non-hydrogen) atoms. The molecular weight excluding hydrogens is 460 g/mol. The summed E-state index contributed by atoms with van der Waals surface area (Å²) in [6.07, 6.45) is 3.81. The van der Waals surface area contributed by atoms with Gasteiger partial charge in [-0.25, -0.2) is 13.1 Å². The molecular formula is C20H21ClN4O2S3. The van der Waals surface area contributed by atoms with Crippen molar-refractivity contribution >= 4 is 55.5 Å². The molecule has 10 heteroatoms. The van der Waals surface area contributed by atoms with Crippen LogP contribution in [-0.2, 0) is 10.0 Å². The second-order valence-corrected chi connectivity index (χ2v) is 11.6. The summed E-state index contributed by atoms with van der Waals surface area (Å²) >= 11 is 8.96. The first-order chi connectivity index (χ1) is 14.5. The summed E-state index contributed by atoms with van der Waals surface area (Å²) in [6.45, 7) is 0. The van der Waals surface area contributed by atoms with E-state index in [4.69, 9.17) is 11.6 Å². The maximum atomic E-state index is 12.8. The fourth-order valence-corrected chi connectivity index (χ4v) is 7.16. The van der Waals surface area contributed by atoms with Crippen LogP contribution in [-0.4, -0.2) is 29.9 Å². The van der Waals surface area contributed by atoms with Crippen LogP contribution in [0, 0.1) is 0 Å². The van der Waals surface area contributed by atoms with E-state index < -0.39 is 10.0 Å². The van der Waals surface area contributed by atoms with Gasteiger partial charge in [-0.15, -0.1) is 10.2 Å². The van der Waals surface area contributed by atoms with Crippen molar-refractivity contribution in [1.82, 2.24) is 14.9 Å². The number of nitrogens with one attached hydrogen (secondary N) is 2. The Morgan fingerprint density at radius 1 is 1.00 bits per heavy atom. The number of aromatic nitrogens is 2. The highest BCUT2D eigenvalue weighted by Gasteiger charge is 2.31. The number of hydrogen-bond donors (Lipinski definition) is 2. The van der Waals surface area contributed by atoms with Gasteiger partial charge < -0.3 is 5.32 Å². The molecule has 1 aromatic heterocycles. The van der Waals surface area contributed by atoms with Crippen molar-refractivity contribution in [2.45, 2.75) is 46.2 Å². The molecule has 4 rings (SSSR count). The molecule has 2 aromatic carbocycles. The van der Waals surface area contributed by atoms with Crippen molar-refractivity contribution in [3.05, 3.63) is 59.6 Å². The second kappa shape index (κ2) is 9.65. The molecule has 158 valence electrons. The highest BCUT2D eigenvalue weighted by atomic mass is 35.5. The van der Waals surface area contributed by atoms with E-state index in [1.807, 2.05) is 30.3 Å². The molecule has 1 fully saturated rings. The maximum absolute atomic E-state index is 12.8. The summed E-state index contributed by atoms with van der Waals surface area (Å²) in [5, 5.41) is 13.1. The van der Waals surface area contributed by atoms with Gasteiger partial charge in [0.1, 0.15) is 0 Å². The zero-order valence-corrected chi connectivity index (χ0v) is 19.2. The van der Waals surface area contributed by atoms with Crippen LogP contribution in [0.5, 0.6) is 0 Å². The van der Waals surface area contributed by atoms with Gasteiger partial charge in [0.25, 0.3) is 0 Å². The molecule has 0 amide bonds. The third-order valence-electron chi connectivity index (χ3n) is 4.82. The van der Waals surface area contributed by atoms with E-state index in [2.05, 4.69) is 20.2 Å². The zero-order valence-electron chi connectivity index (χ0n) is 16.0. The molecule has 1 heterocycles. The van der Waals surface area contributed by atoms with E-state index >= 15 is 0 Å². The molecule has 0 spiro atoms. The Morgan fingerprint density at radius 3 is 2.50 bits per heavy atom. The van der Waals surface area contributed by atoms with Gasteiger partial charge in [-0.1, -0.05) is 65.7 Å². The van der Waals surface area contributed by atoms with Crippen molar-refractivity contribution in [2.24, 2.45) is 0 Å². The quantitative estimate of drug-likeness (QED) is 0.476. The Labute approximate surface area is 189 Å². The largest absolute Gasteiger partial charge is 0.330 e. The van der Waals surface area contributed by atoms with Crippen molar-refractivity contribution in [2.75, 3.05) is 5.32 Å². The van der Waals surface area contributed by atoms with Gasteiger partial charge in [-0.2, -0.15) is 0 Å². The van der Waals surface area contributed by atoms with Gasteiger partial charge in [-0.3, -0.25) is 0 Å². The Bertz CT molecular complexity index is 1070. The van der Waals surface area contributed by atoms with Crippen LogP contribution in [0.3, 0.4) is 0 Å². The fraction of sp³-hybridized carbons (Fsp3) is 0.300. The molecule has 6 nitrogen and oxygen atoms in total. The predicted molar refractivity (Wildman–Crippen MR) is 123 cm³/mol. The Kier molecular flexibility index (Phi) is 6.94. The van der Waals surface area contributed by atoms with E-state index in [9.17, 15) is 8.42 Å². The number of rotatable bonds is 7. The van der Waals surface area contributed by atoms with Crippen molar-refractivity contribution < 1.29 is 8.42 Å². The van der Waals surface area contributed by atoms with Gasteiger partial charge in [0.05, 0.1) is 4.90 Å². The monoisotopic (exact) mass is 480 g/mol. The summed E-state index contributed by atoms with van der Waals surface area (Å²) in [5.74, 6) is 0. The normalized spacial score (nSPS) is 19.5. The minimum Gasteiger partial charge on any atom is -0.330 e. The first-order valence-corrected chi connectivity index (χ1v) is 13.2. The summed E-state index contributed by atoms with van der Waals surface area (Å²) in [7, 11) is -3.60. The van der Waals surface area contributed by atoms with Gasteiger partial charge in [-0.05, 0) is 49.2 Å². The number of anilines is 2. The van der Waals surface area contributed by atoms with Gasteiger partial charge in [0.2, 0.25) is 15.2 Å². The highest BCUT2D eigenvalue weighted by molar-refractivity contribution is 8.01. The van der Waals surface area contributed by atoms with Crippen molar-refractivity contribution in [3.8, 4) is 0 Å². The van der Waals surface area contributed by atoms with Crippen LogP contribution in [0.15, 0.2) is 63.8 Å². The second-order valence-electron chi connectivity index (χ2n) is 6.99. The van der Waals surface area contributed by atoms with Crippen LogP contribution >= 0.6 is 34.7 Å². The topological polar surface area (TPSA) is 84.0 Å². The van der Waals surface area contributed by atoms with Crippen LogP contribution in [0.2, 0.25) is 5.02 Å². The van der Waals surface area contributed by atoms with Gasteiger partial charge in [0.15, 0.2) is 4.34 Å². The molecule has 0 bridgehead atoms. The smallest absolute Gasteiger partial charge is 0.240 e. The van der Waals surface area contributed by atoms with E-state index in [-0.39, 0.29) is 16.2 Å². The number of sulfonamides is 1. The number of thioether (sulfide) groups is 1. The maximum Gasteiger partial charge on any atom is 0.240 e. The van der Waals surface area contributed by atoms with E-state index in [0.29, 0.717) is 5.02 Å². The minimum absolute atomic E-state index is 0.110. The highest BCUT2D eigenvalue weighted by Crippen LogP contribution is 2.37. The summed E-state index contributed by atoms with van der Waals surface area (Å²) in [4.78, 5) is 0.228. The van der Waals surface area contributed by atoms with Crippen molar-refractivity contribution in [3.63, 3.8) is 0 Å². The molecule has 1 aliphatic carbocycles. The van der Waals surface area contributed by atoms with E-state index in [1.165, 1.54) is 23.5 Å².